The Balaban J connectivity index is 2.17. The predicted octanol–water partition coefficient (Wildman–Crippen LogP) is 1.91. The zero-order chi connectivity index (χ0) is 13.0. The zero-order valence-electron chi connectivity index (χ0n) is 11.0. The minimum atomic E-state index is 0.135. The van der Waals surface area contributed by atoms with Gasteiger partial charge in [-0.15, -0.1) is 0 Å². The lowest BCUT2D eigenvalue weighted by Gasteiger charge is -2.13. The fourth-order valence-electron chi connectivity index (χ4n) is 1.99. The second kappa shape index (κ2) is 5.73. The van der Waals surface area contributed by atoms with Crippen molar-refractivity contribution in [3.05, 3.63) is 35.9 Å². The molecule has 98 valence electrons. The van der Waals surface area contributed by atoms with Gasteiger partial charge in [-0.2, -0.15) is 5.10 Å². The van der Waals surface area contributed by atoms with Crippen LogP contribution in [0.2, 0.25) is 0 Å². The molecule has 0 spiro atoms. The van der Waals surface area contributed by atoms with Crippen LogP contribution in [0.1, 0.15) is 24.4 Å². The molecule has 1 N–H and O–H groups in total. The van der Waals surface area contributed by atoms with Crippen LogP contribution in [0.3, 0.4) is 0 Å². The fraction of sp³-hybridized carbons (Fsp3) is 0.462. The van der Waals surface area contributed by atoms with Crippen molar-refractivity contribution in [3.8, 4) is 5.88 Å². The van der Waals surface area contributed by atoms with Gasteiger partial charge in [0, 0.05) is 19.5 Å². The molecule has 0 amide bonds. The standard InChI is InChI=1S/C13H19N3O2/c1-4-14-11(8-10-6-5-7-18-10)12-9-13(17-3)16(2)15-12/h5-7,9,11,14H,4,8H2,1-3H3. The highest BCUT2D eigenvalue weighted by molar-refractivity contribution is 5.20. The van der Waals surface area contributed by atoms with E-state index < -0.39 is 0 Å². The van der Waals surface area contributed by atoms with Crippen LogP contribution in [0.15, 0.2) is 28.9 Å². The number of nitrogens with zero attached hydrogens (tertiary/aromatic N) is 2. The molecule has 0 fully saturated rings. The molecule has 0 bridgehead atoms. The molecular formula is C13H19N3O2. The number of nitrogens with one attached hydrogen (secondary N) is 1. The van der Waals surface area contributed by atoms with E-state index in [2.05, 4.69) is 17.3 Å². The monoisotopic (exact) mass is 249 g/mol. The van der Waals surface area contributed by atoms with Gasteiger partial charge in [-0.25, -0.2) is 4.68 Å². The number of ether oxygens (including phenoxy) is 1. The van der Waals surface area contributed by atoms with Gasteiger partial charge in [0.15, 0.2) is 0 Å². The van der Waals surface area contributed by atoms with Crippen LogP contribution in [-0.2, 0) is 13.5 Å². The Bertz CT molecular complexity index is 476. The third kappa shape index (κ3) is 2.73. The summed E-state index contributed by atoms with van der Waals surface area (Å²) in [5, 5.41) is 7.88. The smallest absolute Gasteiger partial charge is 0.211 e. The summed E-state index contributed by atoms with van der Waals surface area (Å²) in [6.07, 6.45) is 2.47. The van der Waals surface area contributed by atoms with Crippen LogP contribution in [0.25, 0.3) is 0 Å². The Labute approximate surface area is 107 Å². The van der Waals surface area contributed by atoms with Gasteiger partial charge in [0.25, 0.3) is 0 Å². The molecule has 0 aliphatic heterocycles. The van der Waals surface area contributed by atoms with E-state index in [1.807, 2.05) is 25.2 Å². The summed E-state index contributed by atoms with van der Waals surface area (Å²) in [5.74, 6) is 1.71. The number of methoxy groups -OCH3 is 1. The average molecular weight is 249 g/mol. The predicted molar refractivity (Wildman–Crippen MR) is 68.6 cm³/mol. The number of furan rings is 1. The van der Waals surface area contributed by atoms with Crippen molar-refractivity contribution in [1.29, 1.82) is 0 Å². The van der Waals surface area contributed by atoms with E-state index in [4.69, 9.17) is 9.15 Å². The second-order valence-corrected chi connectivity index (χ2v) is 4.13. The number of hydrogen-bond acceptors (Lipinski definition) is 4. The van der Waals surface area contributed by atoms with E-state index in [1.165, 1.54) is 0 Å². The molecular weight excluding hydrogens is 230 g/mol. The molecule has 0 aromatic carbocycles. The van der Waals surface area contributed by atoms with Gasteiger partial charge in [0.05, 0.1) is 25.1 Å². The summed E-state index contributed by atoms with van der Waals surface area (Å²) in [4.78, 5) is 0. The minimum absolute atomic E-state index is 0.135. The first-order valence-corrected chi connectivity index (χ1v) is 6.08. The first-order valence-electron chi connectivity index (χ1n) is 6.08. The lowest BCUT2D eigenvalue weighted by molar-refractivity contribution is 0.373. The molecule has 5 heteroatoms. The molecule has 0 aliphatic rings. The van der Waals surface area contributed by atoms with Crippen LogP contribution in [0, 0.1) is 0 Å². The van der Waals surface area contributed by atoms with Gasteiger partial charge < -0.3 is 14.5 Å². The van der Waals surface area contributed by atoms with Crippen LogP contribution in [-0.4, -0.2) is 23.4 Å². The largest absolute Gasteiger partial charge is 0.481 e. The Morgan fingerprint density at radius 2 is 2.39 bits per heavy atom. The molecule has 0 saturated heterocycles. The van der Waals surface area contributed by atoms with Crippen molar-refractivity contribution in [1.82, 2.24) is 15.1 Å². The lowest BCUT2D eigenvalue weighted by Crippen LogP contribution is -2.23. The van der Waals surface area contributed by atoms with Crippen molar-refractivity contribution in [2.75, 3.05) is 13.7 Å². The van der Waals surface area contributed by atoms with Gasteiger partial charge in [-0.1, -0.05) is 6.92 Å². The normalized spacial score (nSPS) is 12.6. The third-order valence-electron chi connectivity index (χ3n) is 2.86. The Hall–Kier alpha value is -1.75. The van der Waals surface area contributed by atoms with Crippen LogP contribution in [0.4, 0.5) is 0 Å². The van der Waals surface area contributed by atoms with Gasteiger partial charge in [0.1, 0.15) is 5.76 Å². The van der Waals surface area contributed by atoms with Crippen molar-refractivity contribution >= 4 is 0 Å². The summed E-state index contributed by atoms with van der Waals surface area (Å²) >= 11 is 0. The number of hydrogen-bond donors (Lipinski definition) is 1. The van der Waals surface area contributed by atoms with E-state index in [0.717, 1.165) is 30.3 Å². The summed E-state index contributed by atoms with van der Waals surface area (Å²) in [6.45, 7) is 2.96. The molecule has 2 rings (SSSR count). The van der Waals surface area contributed by atoms with Crippen molar-refractivity contribution in [2.45, 2.75) is 19.4 Å². The van der Waals surface area contributed by atoms with Crippen LogP contribution >= 0.6 is 0 Å². The molecule has 5 nitrogen and oxygen atoms in total. The number of rotatable bonds is 6. The maximum atomic E-state index is 5.39. The Morgan fingerprint density at radius 3 is 2.94 bits per heavy atom. The fourth-order valence-corrected chi connectivity index (χ4v) is 1.99. The number of aryl methyl sites for hydroxylation is 1. The van der Waals surface area contributed by atoms with E-state index in [-0.39, 0.29) is 6.04 Å². The maximum Gasteiger partial charge on any atom is 0.211 e. The quantitative estimate of drug-likeness (QED) is 0.849. The van der Waals surface area contributed by atoms with E-state index in [1.54, 1.807) is 18.1 Å². The van der Waals surface area contributed by atoms with Crippen molar-refractivity contribution in [2.24, 2.45) is 7.05 Å². The SMILES string of the molecule is CCNC(Cc1ccco1)c1cc(OC)n(C)n1. The molecule has 2 aromatic heterocycles. The second-order valence-electron chi connectivity index (χ2n) is 4.13. The van der Waals surface area contributed by atoms with Gasteiger partial charge in [0.2, 0.25) is 5.88 Å². The molecule has 18 heavy (non-hydrogen) atoms. The van der Waals surface area contributed by atoms with E-state index in [9.17, 15) is 0 Å². The Kier molecular flexibility index (Phi) is 4.04. The molecule has 0 aliphatic carbocycles. The number of likely N-dealkylation sites (N-methyl/N-ethyl adjacent to an activating group) is 1. The highest BCUT2D eigenvalue weighted by atomic mass is 16.5. The zero-order valence-corrected chi connectivity index (χ0v) is 11.0. The first-order chi connectivity index (χ1) is 8.74. The maximum absolute atomic E-state index is 5.39. The third-order valence-corrected chi connectivity index (χ3v) is 2.86. The van der Waals surface area contributed by atoms with Crippen LogP contribution in [0.5, 0.6) is 5.88 Å². The van der Waals surface area contributed by atoms with Crippen LogP contribution < -0.4 is 10.1 Å². The molecule has 0 saturated carbocycles. The lowest BCUT2D eigenvalue weighted by atomic mass is 10.1. The van der Waals surface area contributed by atoms with Crippen molar-refractivity contribution in [3.63, 3.8) is 0 Å². The molecule has 2 aromatic rings. The summed E-state index contributed by atoms with van der Waals surface area (Å²) in [7, 11) is 3.52. The summed E-state index contributed by atoms with van der Waals surface area (Å²) in [5.41, 5.74) is 0.965. The number of aromatic nitrogens is 2. The average Bonchev–Trinajstić information content (AvgIpc) is 2.98. The molecule has 1 atom stereocenters. The molecule has 1 unspecified atom stereocenters. The van der Waals surface area contributed by atoms with E-state index >= 15 is 0 Å². The highest BCUT2D eigenvalue weighted by Gasteiger charge is 2.17. The van der Waals surface area contributed by atoms with Gasteiger partial charge >= 0.3 is 0 Å². The molecule has 0 radical (unpaired) electrons. The summed E-state index contributed by atoms with van der Waals surface area (Å²) in [6, 6.07) is 5.97. The topological polar surface area (TPSA) is 52.2 Å². The minimum Gasteiger partial charge on any atom is -0.481 e. The Morgan fingerprint density at radius 1 is 1.56 bits per heavy atom. The van der Waals surface area contributed by atoms with Crippen molar-refractivity contribution < 1.29 is 9.15 Å². The highest BCUT2D eigenvalue weighted by Crippen LogP contribution is 2.21. The van der Waals surface area contributed by atoms with Gasteiger partial charge in [-0.3, -0.25) is 0 Å². The van der Waals surface area contributed by atoms with Gasteiger partial charge in [-0.05, 0) is 18.7 Å². The summed E-state index contributed by atoms with van der Waals surface area (Å²) < 4.78 is 12.4. The first kappa shape index (κ1) is 12.7. The molecule has 2 heterocycles. The van der Waals surface area contributed by atoms with E-state index in [0.29, 0.717) is 0 Å².